The average molecular weight is 233 g/mol. The Balaban J connectivity index is 2.41. The van der Waals surface area contributed by atoms with Gasteiger partial charge in [-0.1, -0.05) is 31.7 Å². The first-order chi connectivity index (χ1) is 8.26. The van der Waals surface area contributed by atoms with E-state index in [4.69, 9.17) is 4.74 Å². The summed E-state index contributed by atoms with van der Waals surface area (Å²) in [5, 5.41) is 3.49. The van der Waals surface area contributed by atoms with Crippen molar-refractivity contribution in [2.75, 3.05) is 13.2 Å². The molecule has 0 aromatic heterocycles. The van der Waals surface area contributed by atoms with Crippen LogP contribution in [0.1, 0.15) is 25.8 Å². The SMILES string of the molecule is C=CCOc1ccc(CC(C)NCCC)cc1. The molecule has 0 saturated heterocycles. The van der Waals surface area contributed by atoms with Gasteiger partial charge >= 0.3 is 0 Å². The molecule has 1 N–H and O–H groups in total. The number of ether oxygens (including phenoxy) is 1. The van der Waals surface area contributed by atoms with Crippen LogP contribution in [0.25, 0.3) is 0 Å². The number of benzene rings is 1. The topological polar surface area (TPSA) is 21.3 Å². The maximum Gasteiger partial charge on any atom is 0.119 e. The van der Waals surface area contributed by atoms with E-state index in [1.54, 1.807) is 6.08 Å². The minimum atomic E-state index is 0.523. The van der Waals surface area contributed by atoms with Crippen LogP contribution >= 0.6 is 0 Å². The van der Waals surface area contributed by atoms with Gasteiger partial charge in [0.25, 0.3) is 0 Å². The molecule has 0 heterocycles. The minimum Gasteiger partial charge on any atom is -0.490 e. The van der Waals surface area contributed by atoms with E-state index in [9.17, 15) is 0 Å². The van der Waals surface area contributed by atoms with Gasteiger partial charge < -0.3 is 10.1 Å². The first-order valence-corrected chi connectivity index (χ1v) is 6.32. The van der Waals surface area contributed by atoms with Crippen molar-refractivity contribution in [1.29, 1.82) is 0 Å². The van der Waals surface area contributed by atoms with Crippen molar-refractivity contribution in [2.45, 2.75) is 32.7 Å². The molecule has 1 aromatic rings. The van der Waals surface area contributed by atoms with Crippen LogP contribution in [0.5, 0.6) is 5.75 Å². The molecule has 0 bridgehead atoms. The lowest BCUT2D eigenvalue weighted by molar-refractivity contribution is 0.363. The molecule has 2 heteroatoms. The molecule has 0 aliphatic rings. The lowest BCUT2D eigenvalue weighted by atomic mass is 10.1. The van der Waals surface area contributed by atoms with Gasteiger partial charge in [-0.15, -0.1) is 0 Å². The van der Waals surface area contributed by atoms with Gasteiger partial charge in [0.1, 0.15) is 12.4 Å². The molecule has 17 heavy (non-hydrogen) atoms. The van der Waals surface area contributed by atoms with E-state index >= 15 is 0 Å². The summed E-state index contributed by atoms with van der Waals surface area (Å²) in [7, 11) is 0. The number of hydrogen-bond donors (Lipinski definition) is 1. The fraction of sp³-hybridized carbons (Fsp3) is 0.467. The maximum absolute atomic E-state index is 5.45. The average Bonchev–Trinajstić information content (AvgIpc) is 2.35. The van der Waals surface area contributed by atoms with E-state index in [1.165, 1.54) is 12.0 Å². The Morgan fingerprint density at radius 1 is 1.35 bits per heavy atom. The van der Waals surface area contributed by atoms with E-state index < -0.39 is 0 Å². The second-order valence-corrected chi connectivity index (χ2v) is 4.30. The second kappa shape index (κ2) is 7.91. The third-order valence-corrected chi connectivity index (χ3v) is 2.58. The largest absolute Gasteiger partial charge is 0.490 e. The summed E-state index contributed by atoms with van der Waals surface area (Å²) < 4.78 is 5.45. The molecule has 0 spiro atoms. The predicted octanol–water partition coefficient (Wildman–Crippen LogP) is 3.18. The highest BCUT2D eigenvalue weighted by molar-refractivity contribution is 5.27. The van der Waals surface area contributed by atoms with Crippen LogP contribution in [-0.4, -0.2) is 19.2 Å². The van der Waals surface area contributed by atoms with Crippen LogP contribution in [0.3, 0.4) is 0 Å². The van der Waals surface area contributed by atoms with Crippen LogP contribution in [-0.2, 0) is 6.42 Å². The van der Waals surface area contributed by atoms with Crippen molar-refractivity contribution in [3.8, 4) is 5.75 Å². The first kappa shape index (κ1) is 13.8. The summed E-state index contributed by atoms with van der Waals surface area (Å²) in [5.74, 6) is 0.905. The van der Waals surface area contributed by atoms with Gasteiger partial charge in [0.15, 0.2) is 0 Å². The van der Waals surface area contributed by atoms with E-state index in [-0.39, 0.29) is 0 Å². The van der Waals surface area contributed by atoms with Crippen molar-refractivity contribution in [3.63, 3.8) is 0 Å². The standard InChI is InChI=1S/C15H23NO/c1-4-10-16-13(3)12-14-6-8-15(9-7-14)17-11-5-2/h5-9,13,16H,2,4,10-12H2,1,3H3. The number of hydrogen-bond acceptors (Lipinski definition) is 2. The molecule has 2 nitrogen and oxygen atoms in total. The molecule has 0 fully saturated rings. The van der Waals surface area contributed by atoms with Crippen molar-refractivity contribution < 1.29 is 4.74 Å². The summed E-state index contributed by atoms with van der Waals surface area (Å²) in [6.07, 6.45) is 3.99. The lowest BCUT2D eigenvalue weighted by Crippen LogP contribution is -2.28. The van der Waals surface area contributed by atoms with Gasteiger partial charge in [-0.2, -0.15) is 0 Å². The van der Waals surface area contributed by atoms with Crippen molar-refractivity contribution in [1.82, 2.24) is 5.32 Å². The van der Waals surface area contributed by atoms with Crippen molar-refractivity contribution in [2.24, 2.45) is 0 Å². The molecular formula is C15H23NO. The van der Waals surface area contributed by atoms with E-state index in [2.05, 4.69) is 37.9 Å². The van der Waals surface area contributed by atoms with Crippen LogP contribution in [0.4, 0.5) is 0 Å². The fourth-order valence-electron chi connectivity index (χ4n) is 1.69. The third-order valence-electron chi connectivity index (χ3n) is 2.58. The van der Waals surface area contributed by atoms with Crippen molar-refractivity contribution in [3.05, 3.63) is 42.5 Å². The summed E-state index contributed by atoms with van der Waals surface area (Å²) >= 11 is 0. The van der Waals surface area contributed by atoms with Crippen LogP contribution < -0.4 is 10.1 Å². The zero-order chi connectivity index (χ0) is 12.5. The minimum absolute atomic E-state index is 0.523. The Morgan fingerprint density at radius 2 is 2.06 bits per heavy atom. The molecule has 1 unspecified atom stereocenters. The Bertz CT molecular complexity index is 318. The lowest BCUT2D eigenvalue weighted by Gasteiger charge is -2.13. The van der Waals surface area contributed by atoms with Crippen LogP contribution in [0.15, 0.2) is 36.9 Å². The summed E-state index contributed by atoms with van der Waals surface area (Å²) in [6, 6.07) is 8.82. The van der Waals surface area contributed by atoms with Gasteiger partial charge in [0.05, 0.1) is 0 Å². The number of nitrogens with one attached hydrogen (secondary N) is 1. The van der Waals surface area contributed by atoms with Gasteiger partial charge in [0.2, 0.25) is 0 Å². The summed E-state index contributed by atoms with van der Waals surface area (Å²) in [6.45, 7) is 9.68. The van der Waals surface area contributed by atoms with Crippen LogP contribution in [0.2, 0.25) is 0 Å². The van der Waals surface area contributed by atoms with E-state index in [1.807, 2.05) is 12.1 Å². The molecule has 0 radical (unpaired) electrons. The maximum atomic E-state index is 5.45. The Kier molecular flexibility index (Phi) is 6.41. The molecule has 0 saturated carbocycles. The van der Waals surface area contributed by atoms with E-state index in [0.29, 0.717) is 12.6 Å². The molecule has 1 atom stereocenters. The molecular weight excluding hydrogens is 210 g/mol. The molecule has 0 aliphatic carbocycles. The molecule has 94 valence electrons. The smallest absolute Gasteiger partial charge is 0.119 e. The highest BCUT2D eigenvalue weighted by Crippen LogP contribution is 2.13. The normalized spacial score (nSPS) is 12.1. The first-order valence-electron chi connectivity index (χ1n) is 6.32. The number of rotatable bonds is 8. The Morgan fingerprint density at radius 3 is 2.65 bits per heavy atom. The highest BCUT2D eigenvalue weighted by Gasteiger charge is 2.02. The molecule has 1 aromatic carbocycles. The molecule has 0 amide bonds. The quantitative estimate of drug-likeness (QED) is 0.696. The fourth-order valence-corrected chi connectivity index (χ4v) is 1.69. The Labute approximate surface area is 105 Å². The summed E-state index contributed by atoms with van der Waals surface area (Å²) in [5.41, 5.74) is 1.34. The highest BCUT2D eigenvalue weighted by atomic mass is 16.5. The second-order valence-electron chi connectivity index (χ2n) is 4.30. The van der Waals surface area contributed by atoms with Gasteiger partial charge in [0, 0.05) is 6.04 Å². The van der Waals surface area contributed by atoms with Crippen molar-refractivity contribution >= 4 is 0 Å². The monoisotopic (exact) mass is 233 g/mol. The zero-order valence-corrected chi connectivity index (χ0v) is 10.9. The van der Waals surface area contributed by atoms with E-state index in [0.717, 1.165) is 18.7 Å². The zero-order valence-electron chi connectivity index (χ0n) is 10.9. The predicted molar refractivity (Wildman–Crippen MR) is 73.6 cm³/mol. The molecule has 0 aliphatic heterocycles. The van der Waals surface area contributed by atoms with Gasteiger partial charge in [-0.05, 0) is 44.0 Å². The molecule has 1 rings (SSSR count). The third kappa shape index (κ3) is 5.55. The van der Waals surface area contributed by atoms with Gasteiger partial charge in [-0.25, -0.2) is 0 Å². The Hall–Kier alpha value is -1.28. The van der Waals surface area contributed by atoms with Gasteiger partial charge in [-0.3, -0.25) is 0 Å². The van der Waals surface area contributed by atoms with Crippen LogP contribution in [0, 0.1) is 0 Å². The summed E-state index contributed by atoms with van der Waals surface area (Å²) in [4.78, 5) is 0.